The van der Waals surface area contributed by atoms with Crippen LogP contribution in [-0.2, 0) is 16.1 Å². The monoisotopic (exact) mass is 314 g/mol. The number of hydrogen-bond donors (Lipinski definition) is 0. The summed E-state index contributed by atoms with van der Waals surface area (Å²) >= 11 is 0. The zero-order chi connectivity index (χ0) is 16.5. The molecule has 0 bridgehead atoms. The SMILES string of the molecule is COc1ccc(OCCCC(=O)OCc2cccc(C)c2)cc1. The second-order valence-corrected chi connectivity index (χ2v) is 5.28. The molecule has 0 fully saturated rings. The highest BCUT2D eigenvalue weighted by Gasteiger charge is 2.04. The Morgan fingerprint density at radius 2 is 1.78 bits per heavy atom. The van der Waals surface area contributed by atoms with Crippen molar-refractivity contribution in [3.05, 3.63) is 59.7 Å². The van der Waals surface area contributed by atoms with Crippen LogP contribution in [0.25, 0.3) is 0 Å². The molecule has 0 saturated heterocycles. The van der Waals surface area contributed by atoms with Crippen LogP contribution in [0.3, 0.4) is 0 Å². The summed E-state index contributed by atoms with van der Waals surface area (Å²) in [5.41, 5.74) is 2.17. The van der Waals surface area contributed by atoms with Crippen molar-refractivity contribution in [1.82, 2.24) is 0 Å². The fourth-order valence-electron chi connectivity index (χ4n) is 2.12. The first kappa shape index (κ1) is 16.9. The van der Waals surface area contributed by atoms with Crippen LogP contribution in [-0.4, -0.2) is 19.7 Å². The molecule has 0 aliphatic heterocycles. The molecule has 4 heteroatoms. The quantitative estimate of drug-likeness (QED) is 0.547. The Labute approximate surface area is 137 Å². The third kappa shape index (κ3) is 6.02. The zero-order valence-corrected chi connectivity index (χ0v) is 13.6. The third-order valence-electron chi connectivity index (χ3n) is 3.34. The fraction of sp³-hybridized carbons (Fsp3) is 0.316. The van der Waals surface area contributed by atoms with Gasteiger partial charge in [-0.05, 0) is 43.2 Å². The molecule has 0 aromatic heterocycles. The van der Waals surface area contributed by atoms with E-state index < -0.39 is 0 Å². The van der Waals surface area contributed by atoms with Gasteiger partial charge in [-0.1, -0.05) is 29.8 Å². The highest BCUT2D eigenvalue weighted by atomic mass is 16.5. The average Bonchev–Trinajstić information content (AvgIpc) is 2.57. The predicted octanol–water partition coefficient (Wildman–Crippen LogP) is 3.91. The number of carbonyl (C=O) groups excluding carboxylic acids is 1. The lowest BCUT2D eigenvalue weighted by molar-refractivity contribution is -0.145. The van der Waals surface area contributed by atoms with Gasteiger partial charge in [0.1, 0.15) is 18.1 Å². The smallest absolute Gasteiger partial charge is 0.306 e. The number of carbonyl (C=O) groups is 1. The highest BCUT2D eigenvalue weighted by molar-refractivity contribution is 5.69. The molecule has 4 nitrogen and oxygen atoms in total. The van der Waals surface area contributed by atoms with E-state index in [4.69, 9.17) is 14.2 Å². The maximum absolute atomic E-state index is 11.7. The Bertz CT molecular complexity index is 620. The molecular weight excluding hydrogens is 292 g/mol. The molecule has 2 rings (SSSR count). The van der Waals surface area contributed by atoms with Gasteiger partial charge in [0.05, 0.1) is 13.7 Å². The summed E-state index contributed by atoms with van der Waals surface area (Å²) in [6, 6.07) is 15.3. The summed E-state index contributed by atoms with van der Waals surface area (Å²) in [5, 5.41) is 0. The summed E-state index contributed by atoms with van der Waals surface area (Å²) in [6.45, 7) is 2.81. The number of benzene rings is 2. The number of hydrogen-bond acceptors (Lipinski definition) is 4. The van der Waals surface area contributed by atoms with Crippen molar-refractivity contribution < 1.29 is 19.0 Å². The first-order chi connectivity index (χ1) is 11.2. The van der Waals surface area contributed by atoms with Crippen LogP contribution in [0.15, 0.2) is 48.5 Å². The van der Waals surface area contributed by atoms with Crippen LogP contribution in [0.4, 0.5) is 0 Å². The fourth-order valence-corrected chi connectivity index (χ4v) is 2.12. The third-order valence-corrected chi connectivity index (χ3v) is 3.34. The van der Waals surface area contributed by atoms with Gasteiger partial charge in [-0.25, -0.2) is 0 Å². The van der Waals surface area contributed by atoms with E-state index in [1.54, 1.807) is 7.11 Å². The van der Waals surface area contributed by atoms with Crippen LogP contribution in [0, 0.1) is 6.92 Å². The molecule has 2 aromatic carbocycles. The van der Waals surface area contributed by atoms with Gasteiger partial charge in [0.15, 0.2) is 0 Å². The topological polar surface area (TPSA) is 44.8 Å². The van der Waals surface area contributed by atoms with Crippen LogP contribution in [0.1, 0.15) is 24.0 Å². The van der Waals surface area contributed by atoms with Gasteiger partial charge in [0, 0.05) is 6.42 Å². The van der Waals surface area contributed by atoms with Gasteiger partial charge in [0.2, 0.25) is 0 Å². The summed E-state index contributed by atoms with van der Waals surface area (Å²) in [7, 11) is 1.62. The molecule has 0 heterocycles. The van der Waals surface area contributed by atoms with E-state index in [-0.39, 0.29) is 5.97 Å². The van der Waals surface area contributed by atoms with Crippen molar-refractivity contribution >= 4 is 5.97 Å². The summed E-state index contributed by atoms with van der Waals surface area (Å²) in [5.74, 6) is 1.35. The van der Waals surface area contributed by atoms with Gasteiger partial charge >= 0.3 is 5.97 Å². The molecule has 122 valence electrons. The Morgan fingerprint density at radius 3 is 2.48 bits per heavy atom. The Morgan fingerprint density at radius 1 is 1.04 bits per heavy atom. The van der Waals surface area contributed by atoms with Crippen LogP contribution >= 0.6 is 0 Å². The predicted molar refractivity (Wildman–Crippen MR) is 88.7 cm³/mol. The lowest BCUT2D eigenvalue weighted by Gasteiger charge is -2.08. The average molecular weight is 314 g/mol. The van der Waals surface area contributed by atoms with Gasteiger partial charge in [0.25, 0.3) is 0 Å². The number of rotatable bonds is 8. The van der Waals surface area contributed by atoms with Crippen LogP contribution < -0.4 is 9.47 Å². The van der Waals surface area contributed by atoms with E-state index in [0.717, 1.165) is 22.6 Å². The lowest BCUT2D eigenvalue weighted by atomic mass is 10.1. The standard InChI is InChI=1S/C19H22O4/c1-15-5-3-6-16(13-15)14-23-19(20)7-4-12-22-18-10-8-17(21-2)9-11-18/h3,5-6,8-11,13H,4,7,12,14H2,1-2H3. The van der Waals surface area contributed by atoms with Crippen molar-refractivity contribution in [2.24, 2.45) is 0 Å². The highest BCUT2D eigenvalue weighted by Crippen LogP contribution is 2.17. The second kappa shape index (κ2) is 8.83. The van der Waals surface area contributed by atoms with Gasteiger partial charge < -0.3 is 14.2 Å². The Hall–Kier alpha value is -2.49. The van der Waals surface area contributed by atoms with E-state index in [1.165, 1.54) is 0 Å². The van der Waals surface area contributed by atoms with E-state index in [0.29, 0.717) is 26.1 Å². The molecule has 23 heavy (non-hydrogen) atoms. The maximum atomic E-state index is 11.7. The number of aryl methyl sites for hydroxylation is 1. The molecule has 0 aliphatic carbocycles. The minimum atomic E-state index is -0.204. The molecule has 0 radical (unpaired) electrons. The largest absolute Gasteiger partial charge is 0.497 e. The van der Waals surface area contributed by atoms with Gasteiger partial charge in [-0.3, -0.25) is 4.79 Å². The number of esters is 1. The van der Waals surface area contributed by atoms with Crippen molar-refractivity contribution in [3.63, 3.8) is 0 Å². The molecule has 0 amide bonds. The first-order valence-electron chi connectivity index (χ1n) is 7.65. The molecule has 0 unspecified atom stereocenters. The number of methoxy groups -OCH3 is 1. The molecule has 0 atom stereocenters. The van der Waals surface area contributed by atoms with Gasteiger partial charge in [-0.15, -0.1) is 0 Å². The zero-order valence-electron chi connectivity index (χ0n) is 13.6. The Kier molecular flexibility index (Phi) is 6.48. The molecule has 0 spiro atoms. The molecule has 0 saturated carbocycles. The first-order valence-corrected chi connectivity index (χ1v) is 7.65. The van der Waals surface area contributed by atoms with E-state index >= 15 is 0 Å². The van der Waals surface area contributed by atoms with Gasteiger partial charge in [-0.2, -0.15) is 0 Å². The molecule has 0 aliphatic rings. The summed E-state index contributed by atoms with van der Waals surface area (Å²) in [4.78, 5) is 11.7. The van der Waals surface area contributed by atoms with E-state index in [2.05, 4.69) is 0 Å². The number of ether oxygens (including phenoxy) is 3. The summed E-state index contributed by atoms with van der Waals surface area (Å²) < 4.78 is 15.9. The maximum Gasteiger partial charge on any atom is 0.306 e. The van der Waals surface area contributed by atoms with Crippen molar-refractivity contribution in [3.8, 4) is 11.5 Å². The van der Waals surface area contributed by atoms with Crippen molar-refractivity contribution in [2.75, 3.05) is 13.7 Å². The molecular formula is C19H22O4. The van der Waals surface area contributed by atoms with E-state index in [1.807, 2.05) is 55.5 Å². The lowest BCUT2D eigenvalue weighted by Crippen LogP contribution is -2.07. The van der Waals surface area contributed by atoms with Crippen molar-refractivity contribution in [2.45, 2.75) is 26.4 Å². The van der Waals surface area contributed by atoms with E-state index in [9.17, 15) is 4.79 Å². The van der Waals surface area contributed by atoms with Crippen molar-refractivity contribution in [1.29, 1.82) is 0 Å². The summed E-state index contributed by atoms with van der Waals surface area (Å²) in [6.07, 6.45) is 0.973. The minimum Gasteiger partial charge on any atom is -0.497 e. The van der Waals surface area contributed by atoms with Crippen LogP contribution in [0.5, 0.6) is 11.5 Å². The second-order valence-electron chi connectivity index (χ2n) is 5.28. The minimum absolute atomic E-state index is 0.204. The van der Waals surface area contributed by atoms with Crippen LogP contribution in [0.2, 0.25) is 0 Å². The normalized spacial score (nSPS) is 10.2. The molecule has 2 aromatic rings. The Balaban J connectivity index is 1.62. The molecule has 0 N–H and O–H groups in total.